The Morgan fingerprint density at radius 3 is 2.69 bits per heavy atom. The minimum Gasteiger partial charge on any atom is -0.480 e. The van der Waals surface area contributed by atoms with Crippen LogP contribution in [0.15, 0.2) is 12.2 Å². The summed E-state index contributed by atoms with van der Waals surface area (Å²) in [5.74, 6) is -1.29. The van der Waals surface area contributed by atoms with Gasteiger partial charge in [-0.15, -0.1) is 0 Å². The van der Waals surface area contributed by atoms with Crippen LogP contribution in [0.2, 0.25) is 0 Å². The summed E-state index contributed by atoms with van der Waals surface area (Å²) >= 11 is 0. The third kappa shape index (κ3) is 5.86. The molecular weight excluding hydrogens is 172 g/mol. The highest BCUT2D eigenvalue weighted by molar-refractivity contribution is 5.87. The Bertz CT molecular complexity index is 213. The molecule has 0 aliphatic rings. The predicted molar refractivity (Wildman–Crippen MR) is 48.1 cm³/mol. The lowest BCUT2D eigenvalue weighted by atomic mass is 10.2. The summed E-state index contributed by atoms with van der Waals surface area (Å²) in [6.07, 6.45) is 3.21. The van der Waals surface area contributed by atoms with Gasteiger partial charge in [-0.2, -0.15) is 0 Å². The van der Waals surface area contributed by atoms with E-state index in [1.54, 1.807) is 13.0 Å². The largest absolute Gasteiger partial charge is 0.480 e. The molecule has 0 aromatic heterocycles. The molecule has 0 aliphatic heterocycles. The van der Waals surface area contributed by atoms with Gasteiger partial charge in [0.1, 0.15) is 6.04 Å². The second-order valence-electron chi connectivity index (χ2n) is 2.52. The summed E-state index contributed by atoms with van der Waals surface area (Å²) in [7, 11) is 0. The van der Waals surface area contributed by atoms with Gasteiger partial charge in [0.2, 0.25) is 5.91 Å². The number of allylic oxidation sites excluding steroid dienone is 1. The molecule has 0 aromatic rings. The van der Waals surface area contributed by atoms with Crippen LogP contribution in [-0.4, -0.2) is 29.6 Å². The minimum absolute atomic E-state index is 0.235. The number of carboxylic acids is 1. The SMILES string of the molecule is C/C=C/C(=O)NCCC(N)C(=O)O. The Labute approximate surface area is 76.6 Å². The molecule has 0 heterocycles. The average Bonchev–Trinajstić information content (AvgIpc) is 2.04. The van der Waals surface area contributed by atoms with E-state index in [1.807, 2.05) is 0 Å². The summed E-state index contributed by atoms with van der Waals surface area (Å²) < 4.78 is 0. The summed E-state index contributed by atoms with van der Waals surface area (Å²) in [4.78, 5) is 21.1. The fraction of sp³-hybridized carbons (Fsp3) is 0.500. The van der Waals surface area contributed by atoms with E-state index in [0.29, 0.717) is 0 Å². The summed E-state index contributed by atoms with van der Waals surface area (Å²) in [5, 5.41) is 10.9. The number of nitrogens with one attached hydrogen (secondary N) is 1. The monoisotopic (exact) mass is 186 g/mol. The standard InChI is InChI=1S/C8H14N2O3/c1-2-3-7(11)10-5-4-6(9)8(12)13/h2-3,6H,4-5,9H2,1H3,(H,10,11)(H,12,13)/b3-2+. The fourth-order valence-corrected chi connectivity index (χ4v) is 0.685. The Balaban J connectivity index is 3.56. The number of hydrogen-bond donors (Lipinski definition) is 3. The number of carbonyl (C=O) groups excluding carboxylic acids is 1. The predicted octanol–water partition coefficient (Wildman–Crippen LogP) is -0.519. The van der Waals surface area contributed by atoms with Crippen molar-refractivity contribution in [1.82, 2.24) is 5.32 Å². The second-order valence-corrected chi connectivity index (χ2v) is 2.52. The van der Waals surface area contributed by atoms with Crippen molar-refractivity contribution in [3.8, 4) is 0 Å². The van der Waals surface area contributed by atoms with Gasteiger partial charge >= 0.3 is 5.97 Å². The minimum atomic E-state index is -1.06. The van der Waals surface area contributed by atoms with Gasteiger partial charge in [0.25, 0.3) is 0 Å². The zero-order chi connectivity index (χ0) is 10.3. The van der Waals surface area contributed by atoms with Crippen molar-refractivity contribution >= 4 is 11.9 Å². The first-order chi connectivity index (χ1) is 6.07. The van der Waals surface area contributed by atoms with Crippen molar-refractivity contribution in [2.75, 3.05) is 6.54 Å². The van der Waals surface area contributed by atoms with Crippen molar-refractivity contribution in [3.63, 3.8) is 0 Å². The number of hydrogen-bond acceptors (Lipinski definition) is 3. The molecular formula is C8H14N2O3. The van der Waals surface area contributed by atoms with Crippen LogP contribution in [0.5, 0.6) is 0 Å². The molecule has 0 aliphatic carbocycles. The molecule has 1 unspecified atom stereocenters. The molecule has 0 radical (unpaired) electrons. The molecule has 1 atom stereocenters. The van der Waals surface area contributed by atoms with Gasteiger partial charge in [0.05, 0.1) is 0 Å². The van der Waals surface area contributed by atoms with Crippen LogP contribution in [0.25, 0.3) is 0 Å². The van der Waals surface area contributed by atoms with Crippen LogP contribution in [0.3, 0.4) is 0 Å². The Hall–Kier alpha value is -1.36. The van der Waals surface area contributed by atoms with Gasteiger partial charge in [-0.05, 0) is 19.4 Å². The zero-order valence-corrected chi connectivity index (χ0v) is 7.49. The molecule has 0 bridgehead atoms. The highest BCUT2D eigenvalue weighted by Gasteiger charge is 2.10. The van der Waals surface area contributed by atoms with Crippen molar-refractivity contribution in [2.45, 2.75) is 19.4 Å². The van der Waals surface area contributed by atoms with Crippen molar-refractivity contribution in [2.24, 2.45) is 5.73 Å². The molecule has 0 saturated heterocycles. The lowest BCUT2D eigenvalue weighted by Crippen LogP contribution is -2.34. The van der Waals surface area contributed by atoms with E-state index >= 15 is 0 Å². The number of amides is 1. The maximum atomic E-state index is 10.8. The summed E-state index contributed by atoms with van der Waals surface area (Å²) in [6, 6.07) is -0.911. The molecule has 0 saturated carbocycles. The topological polar surface area (TPSA) is 92.4 Å². The molecule has 74 valence electrons. The maximum Gasteiger partial charge on any atom is 0.320 e. The van der Waals surface area contributed by atoms with Crippen LogP contribution in [0, 0.1) is 0 Å². The van der Waals surface area contributed by atoms with Crippen molar-refractivity contribution in [3.05, 3.63) is 12.2 Å². The zero-order valence-electron chi connectivity index (χ0n) is 7.49. The highest BCUT2D eigenvalue weighted by Crippen LogP contribution is 1.85. The lowest BCUT2D eigenvalue weighted by Gasteiger charge is -2.05. The van der Waals surface area contributed by atoms with Crippen LogP contribution in [0.1, 0.15) is 13.3 Å². The van der Waals surface area contributed by atoms with Crippen LogP contribution in [0.4, 0.5) is 0 Å². The normalized spacial score (nSPS) is 12.8. The molecule has 1 amide bonds. The lowest BCUT2D eigenvalue weighted by molar-refractivity contribution is -0.138. The van der Waals surface area contributed by atoms with E-state index in [0.717, 1.165) is 0 Å². The van der Waals surface area contributed by atoms with Crippen LogP contribution >= 0.6 is 0 Å². The third-order valence-corrected chi connectivity index (χ3v) is 1.39. The molecule has 4 N–H and O–H groups in total. The third-order valence-electron chi connectivity index (χ3n) is 1.39. The Morgan fingerprint density at radius 1 is 1.62 bits per heavy atom. The maximum absolute atomic E-state index is 10.8. The fourth-order valence-electron chi connectivity index (χ4n) is 0.685. The molecule has 0 spiro atoms. The van der Waals surface area contributed by atoms with Gasteiger partial charge < -0.3 is 16.2 Å². The Kier molecular flexibility index (Phi) is 5.54. The highest BCUT2D eigenvalue weighted by atomic mass is 16.4. The first-order valence-corrected chi connectivity index (χ1v) is 3.97. The number of aliphatic carboxylic acids is 1. The number of carboxylic acid groups (broad SMARTS) is 1. The van der Waals surface area contributed by atoms with E-state index < -0.39 is 12.0 Å². The van der Waals surface area contributed by atoms with Gasteiger partial charge in [-0.1, -0.05) is 6.08 Å². The van der Waals surface area contributed by atoms with E-state index in [-0.39, 0.29) is 18.9 Å². The van der Waals surface area contributed by atoms with E-state index in [9.17, 15) is 9.59 Å². The van der Waals surface area contributed by atoms with Crippen molar-refractivity contribution in [1.29, 1.82) is 0 Å². The number of rotatable bonds is 5. The van der Waals surface area contributed by atoms with Gasteiger partial charge in [0, 0.05) is 6.54 Å². The molecule has 5 nitrogen and oxygen atoms in total. The summed E-state index contributed by atoms with van der Waals surface area (Å²) in [6.45, 7) is 2.00. The molecule has 0 fully saturated rings. The van der Waals surface area contributed by atoms with Crippen LogP contribution < -0.4 is 11.1 Å². The molecule has 5 heteroatoms. The molecule has 0 rings (SSSR count). The van der Waals surface area contributed by atoms with E-state index in [4.69, 9.17) is 10.8 Å². The number of nitrogens with two attached hydrogens (primary N) is 1. The molecule has 0 aromatic carbocycles. The average molecular weight is 186 g/mol. The first kappa shape index (κ1) is 11.6. The van der Waals surface area contributed by atoms with E-state index in [2.05, 4.69) is 5.32 Å². The first-order valence-electron chi connectivity index (χ1n) is 3.97. The second kappa shape index (κ2) is 6.19. The summed E-state index contributed by atoms with van der Waals surface area (Å²) in [5.41, 5.74) is 5.21. The van der Waals surface area contributed by atoms with Gasteiger partial charge in [-0.25, -0.2) is 0 Å². The van der Waals surface area contributed by atoms with Crippen LogP contribution in [-0.2, 0) is 9.59 Å². The number of carbonyl (C=O) groups is 2. The van der Waals surface area contributed by atoms with E-state index in [1.165, 1.54) is 6.08 Å². The smallest absolute Gasteiger partial charge is 0.320 e. The van der Waals surface area contributed by atoms with Crippen molar-refractivity contribution < 1.29 is 14.7 Å². The Morgan fingerprint density at radius 2 is 2.23 bits per heavy atom. The van der Waals surface area contributed by atoms with Gasteiger partial charge in [0.15, 0.2) is 0 Å². The van der Waals surface area contributed by atoms with Gasteiger partial charge in [-0.3, -0.25) is 9.59 Å². The quantitative estimate of drug-likeness (QED) is 0.504. The molecule has 13 heavy (non-hydrogen) atoms.